The SMILES string of the molecule is CC1CCN(CCC(N)=S)C1CO. The number of aliphatic hydroxyl groups excluding tert-OH is 1. The molecule has 0 aromatic heterocycles. The quantitative estimate of drug-likeness (QED) is 0.647. The summed E-state index contributed by atoms with van der Waals surface area (Å²) in [5, 5.41) is 9.17. The molecule has 0 aliphatic carbocycles. The molecular formula is C9H18N2OS. The van der Waals surface area contributed by atoms with Crippen molar-refractivity contribution < 1.29 is 5.11 Å². The molecule has 2 atom stereocenters. The predicted molar refractivity (Wildman–Crippen MR) is 57.6 cm³/mol. The third-order valence-electron chi connectivity index (χ3n) is 2.83. The maximum Gasteiger partial charge on any atom is 0.0740 e. The Hall–Kier alpha value is -0.190. The Morgan fingerprint density at radius 2 is 2.38 bits per heavy atom. The first-order chi connectivity index (χ1) is 6.15. The smallest absolute Gasteiger partial charge is 0.0740 e. The first-order valence-electron chi connectivity index (χ1n) is 4.78. The van der Waals surface area contributed by atoms with E-state index in [1.54, 1.807) is 0 Å². The van der Waals surface area contributed by atoms with Crippen LogP contribution in [0.15, 0.2) is 0 Å². The van der Waals surface area contributed by atoms with Crippen molar-refractivity contribution in [1.82, 2.24) is 4.90 Å². The topological polar surface area (TPSA) is 49.5 Å². The molecule has 1 saturated heterocycles. The van der Waals surface area contributed by atoms with E-state index in [1.165, 1.54) is 6.42 Å². The van der Waals surface area contributed by atoms with Crippen LogP contribution in [0.25, 0.3) is 0 Å². The molecule has 2 unspecified atom stereocenters. The fraction of sp³-hybridized carbons (Fsp3) is 0.889. The summed E-state index contributed by atoms with van der Waals surface area (Å²) in [6.07, 6.45) is 1.93. The van der Waals surface area contributed by atoms with E-state index < -0.39 is 0 Å². The minimum absolute atomic E-state index is 0.249. The van der Waals surface area contributed by atoms with Crippen molar-refractivity contribution >= 4 is 17.2 Å². The number of hydrogen-bond donors (Lipinski definition) is 2. The van der Waals surface area contributed by atoms with Gasteiger partial charge in [0.2, 0.25) is 0 Å². The van der Waals surface area contributed by atoms with Crippen molar-refractivity contribution in [3.05, 3.63) is 0 Å². The lowest BCUT2D eigenvalue weighted by atomic mass is 10.0. The number of likely N-dealkylation sites (tertiary alicyclic amines) is 1. The molecule has 0 aromatic carbocycles. The molecule has 1 heterocycles. The Labute approximate surface area is 84.9 Å². The molecule has 1 aliphatic heterocycles. The van der Waals surface area contributed by atoms with E-state index in [0.29, 0.717) is 16.9 Å². The maximum absolute atomic E-state index is 9.17. The molecule has 0 radical (unpaired) electrons. The van der Waals surface area contributed by atoms with E-state index in [-0.39, 0.29) is 6.61 Å². The number of thiocarbonyl (C=S) groups is 1. The molecule has 1 aliphatic rings. The highest BCUT2D eigenvalue weighted by Gasteiger charge is 2.29. The largest absolute Gasteiger partial charge is 0.395 e. The zero-order valence-electron chi connectivity index (χ0n) is 8.07. The molecule has 0 aromatic rings. The summed E-state index contributed by atoms with van der Waals surface area (Å²) in [4.78, 5) is 2.85. The minimum Gasteiger partial charge on any atom is -0.395 e. The van der Waals surface area contributed by atoms with Gasteiger partial charge in [0.1, 0.15) is 0 Å². The zero-order valence-corrected chi connectivity index (χ0v) is 8.89. The molecule has 0 spiro atoms. The van der Waals surface area contributed by atoms with Crippen LogP contribution in [0.2, 0.25) is 0 Å². The molecule has 1 fully saturated rings. The van der Waals surface area contributed by atoms with Crippen molar-refractivity contribution in [1.29, 1.82) is 0 Å². The van der Waals surface area contributed by atoms with Crippen LogP contribution >= 0.6 is 12.2 Å². The van der Waals surface area contributed by atoms with E-state index in [1.807, 2.05) is 0 Å². The Balaban J connectivity index is 2.37. The molecule has 4 heteroatoms. The maximum atomic E-state index is 9.17. The first kappa shape index (κ1) is 10.9. The average molecular weight is 202 g/mol. The number of hydrogen-bond acceptors (Lipinski definition) is 3. The lowest BCUT2D eigenvalue weighted by Gasteiger charge is -2.24. The highest BCUT2D eigenvalue weighted by atomic mass is 32.1. The standard InChI is InChI=1S/C9H18N2OS/c1-7-2-4-11(8(7)6-12)5-3-9(10)13/h7-8,12H,2-6H2,1H3,(H2,10,13). The van der Waals surface area contributed by atoms with Gasteiger partial charge in [0.15, 0.2) is 0 Å². The second-order valence-electron chi connectivity index (χ2n) is 3.77. The van der Waals surface area contributed by atoms with Crippen LogP contribution in [0.5, 0.6) is 0 Å². The fourth-order valence-electron chi connectivity index (χ4n) is 1.91. The van der Waals surface area contributed by atoms with Gasteiger partial charge in [-0.15, -0.1) is 0 Å². The fourth-order valence-corrected chi connectivity index (χ4v) is 2.01. The molecule has 3 nitrogen and oxygen atoms in total. The Morgan fingerprint density at radius 1 is 1.69 bits per heavy atom. The van der Waals surface area contributed by atoms with Gasteiger partial charge >= 0.3 is 0 Å². The molecule has 13 heavy (non-hydrogen) atoms. The number of aliphatic hydroxyl groups is 1. The monoisotopic (exact) mass is 202 g/mol. The number of nitrogens with two attached hydrogens (primary N) is 1. The summed E-state index contributed by atoms with van der Waals surface area (Å²) in [5.74, 6) is 0.594. The van der Waals surface area contributed by atoms with Gasteiger partial charge in [0.05, 0.1) is 11.6 Å². The van der Waals surface area contributed by atoms with Gasteiger partial charge in [-0.25, -0.2) is 0 Å². The van der Waals surface area contributed by atoms with Gasteiger partial charge < -0.3 is 10.8 Å². The Kier molecular flexibility index (Phi) is 4.09. The van der Waals surface area contributed by atoms with Crippen molar-refractivity contribution in [3.63, 3.8) is 0 Å². The summed E-state index contributed by atoms with van der Waals surface area (Å²) >= 11 is 4.82. The third-order valence-corrected chi connectivity index (χ3v) is 3.03. The highest BCUT2D eigenvalue weighted by Crippen LogP contribution is 2.23. The van der Waals surface area contributed by atoms with Gasteiger partial charge in [0.25, 0.3) is 0 Å². The lowest BCUT2D eigenvalue weighted by molar-refractivity contribution is 0.142. The molecule has 76 valence electrons. The lowest BCUT2D eigenvalue weighted by Crippen LogP contribution is -2.37. The van der Waals surface area contributed by atoms with Crippen molar-refractivity contribution in [2.75, 3.05) is 19.7 Å². The molecule has 0 bridgehead atoms. The molecule has 0 amide bonds. The first-order valence-corrected chi connectivity index (χ1v) is 5.19. The van der Waals surface area contributed by atoms with E-state index in [2.05, 4.69) is 11.8 Å². The summed E-state index contributed by atoms with van der Waals surface area (Å²) < 4.78 is 0. The summed E-state index contributed by atoms with van der Waals surface area (Å²) in [5.41, 5.74) is 5.43. The number of rotatable bonds is 4. The van der Waals surface area contributed by atoms with E-state index in [9.17, 15) is 0 Å². The third kappa shape index (κ3) is 2.90. The van der Waals surface area contributed by atoms with Gasteiger partial charge in [-0.3, -0.25) is 4.90 Å². The van der Waals surface area contributed by atoms with Gasteiger partial charge in [-0.2, -0.15) is 0 Å². The van der Waals surface area contributed by atoms with Crippen molar-refractivity contribution in [2.45, 2.75) is 25.8 Å². The van der Waals surface area contributed by atoms with Crippen LogP contribution in [-0.2, 0) is 0 Å². The van der Waals surface area contributed by atoms with E-state index in [4.69, 9.17) is 23.1 Å². The highest BCUT2D eigenvalue weighted by molar-refractivity contribution is 7.80. The number of nitrogens with zero attached hydrogens (tertiary/aromatic N) is 1. The van der Waals surface area contributed by atoms with E-state index >= 15 is 0 Å². The second kappa shape index (κ2) is 4.88. The summed E-state index contributed by atoms with van der Waals surface area (Å²) in [6, 6.07) is 0.314. The normalized spacial score (nSPS) is 29.4. The van der Waals surface area contributed by atoms with E-state index in [0.717, 1.165) is 19.5 Å². The van der Waals surface area contributed by atoms with Crippen LogP contribution in [0.3, 0.4) is 0 Å². The average Bonchev–Trinajstić information content (AvgIpc) is 2.42. The predicted octanol–water partition coefficient (Wildman–Crippen LogP) is 0.365. The van der Waals surface area contributed by atoms with Crippen LogP contribution in [0, 0.1) is 5.92 Å². The molecule has 3 N–H and O–H groups in total. The second-order valence-corrected chi connectivity index (χ2v) is 4.29. The zero-order chi connectivity index (χ0) is 9.84. The van der Waals surface area contributed by atoms with Crippen LogP contribution < -0.4 is 5.73 Å². The minimum atomic E-state index is 0.249. The van der Waals surface area contributed by atoms with Gasteiger partial charge in [0, 0.05) is 19.0 Å². The molecular weight excluding hydrogens is 184 g/mol. The van der Waals surface area contributed by atoms with Crippen molar-refractivity contribution in [3.8, 4) is 0 Å². The van der Waals surface area contributed by atoms with Crippen LogP contribution in [-0.4, -0.2) is 40.7 Å². The Bertz CT molecular complexity index is 186. The van der Waals surface area contributed by atoms with Gasteiger partial charge in [-0.05, 0) is 18.9 Å². The van der Waals surface area contributed by atoms with Crippen LogP contribution in [0.4, 0.5) is 0 Å². The van der Waals surface area contributed by atoms with Crippen LogP contribution in [0.1, 0.15) is 19.8 Å². The summed E-state index contributed by atoms with van der Waals surface area (Å²) in [6.45, 7) is 4.39. The molecule has 0 saturated carbocycles. The molecule has 1 rings (SSSR count). The van der Waals surface area contributed by atoms with Crippen molar-refractivity contribution in [2.24, 2.45) is 11.7 Å². The Morgan fingerprint density at radius 3 is 2.92 bits per heavy atom. The van der Waals surface area contributed by atoms with Gasteiger partial charge in [-0.1, -0.05) is 19.1 Å². The summed E-state index contributed by atoms with van der Waals surface area (Å²) in [7, 11) is 0.